The van der Waals surface area contributed by atoms with Crippen molar-refractivity contribution in [2.45, 2.75) is 49.4 Å². The normalized spacial score (nSPS) is 23.9. The molecule has 0 heterocycles. The Hall–Kier alpha value is -0.950. The van der Waals surface area contributed by atoms with Gasteiger partial charge in [-0.3, -0.25) is 0 Å². The molecule has 0 aliphatic heterocycles. The summed E-state index contributed by atoms with van der Waals surface area (Å²) in [5.74, 6) is -1.04. The van der Waals surface area contributed by atoms with Gasteiger partial charge in [0.05, 0.1) is 0 Å². The molecule has 2 amide bonds. The zero-order valence-corrected chi connectivity index (χ0v) is 12.9. The molecular weight excluding hydrogens is 280 g/mol. The molecule has 0 spiro atoms. The van der Waals surface area contributed by atoms with Crippen LogP contribution in [0.5, 0.6) is 0 Å². The van der Waals surface area contributed by atoms with Gasteiger partial charge in [-0.25, -0.2) is 9.59 Å². The molecule has 116 valence electrons. The van der Waals surface area contributed by atoms with E-state index in [1.165, 1.54) is 13.5 Å². The van der Waals surface area contributed by atoms with Gasteiger partial charge in [0.25, 0.3) is 0 Å². The number of hydrogen-bond acceptors (Lipinski definition) is 4. The lowest BCUT2D eigenvalue weighted by Crippen LogP contribution is -2.50. The van der Waals surface area contributed by atoms with Crippen molar-refractivity contribution >= 4 is 23.8 Å². The van der Waals surface area contributed by atoms with Crippen molar-refractivity contribution in [3.63, 3.8) is 0 Å². The highest BCUT2D eigenvalue weighted by molar-refractivity contribution is 7.99. The lowest BCUT2D eigenvalue weighted by atomic mass is 9.95. The maximum Gasteiger partial charge on any atom is 0.326 e. The highest BCUT2D eigenvalue weighted by Gasteiger charge is 2.25. The number of urea groups is 1. The summed E-state index contributed by atoms with van der Waals surface area (Å²) < 4.78 is 4.84. The van der Waals surface area contributed by atoms with Crippen LogP contribution in [0.2, 0.25) is 0 Å². The molecule has 1 aliphatic carbocycles. The van der Waals surface area contributed by atoms with Gasteiger partial charge in [0.1, 0.15) is 6.04 Å². The van der Waals surface area contributed by atoms with Gasteiger partial charge in [0, 0.05) is 31.4 Å². The van der Waals surface area contributed by atoms with Gasteiger partial charge >= 0.3 is 12.0 Å². The van der Waals surface area contributed by atoms with E-state index < -0.39 is 18.0 Å². The molecule has 1 saturated carbocycles. The monoisotopic (exact) mass is 304 g/mol. The summed E-state index contributed by atoms with van der Waals surface area (Å²) in [6.07, 6.45) is 6.54. The molecule has 0 radical (unpaired) electrons. The first kappa shape index (κ1) is 17.1. The Labute approximate surface area is 124 Å². The van der Waals surface area contributed by atoms with Crippen LogP contribution in [0.25, 0.3) is 0 Å². The Morgan fingerprint density at radius 3 is 2.80 bits per heavy atom. The van der Waals surface area contributed by atoms with Crippen molar-refractivity contribution < 1.29 is 19.4 Å². The van der Waals surface area contributed by atoms with Crippen LogP contribution in [-0.2, 0) is 9.53 Å². The van der Waals surface area contributed by atoms with Crippen molar-refractivity contribution in [1.82, 2.24) is 10.6 Å². The van der Waals surface area contributed by atoms with Crippen LogP contribution in [0.1, 0.15) is 32.1 Å². The van der Waals surface area contributed by atoms with Crippen LogP contribution in [-0.4, -0.2) is 54.4 Å². The van der Waals surface area contributed by atoms with Gasteiger partial charge in [-0.05, 0) is 25.5 Å². The number of carbonyl (C=O) groups is 2. The third kappa shape index (κ3) is 6.00. The number of rotatable bonds is 7. The molecule has 3 atom stereocenters. The third-order valence-corrected chi connectivity index (χ3v) is 4.60. The van der Waals surface area contributed by atoms with Gasteiger partial charge < -0.3 is 20.5 Å². The van der Waals surface area contributed by atoms with Gasteiger partial charge in [0.15, 0.2) is 0 Å². The minimum Gasteiger partial charge on any atom is -0.480 e. The van der Waals surface area contributed by atoms with E-state index >= 15 is 0 Å². The average Bonchev–Trinajstić information content (AvgIpc) is 2.43. The molecule has 3 unspecified atom stereocenters. The Morgan fingerprint density at radius 2 is 2.20 bits per heavy atom. The van der Waals surface area contributed by atoms with Crippen molar-refractivity contribution in [3.8, 4) is 0 Å². The number of carboxylic acid groups (broad SMARTS) is 1. The quantitative estimate of drug-likeness (QED) is 0.662. The first-order valence-electron chi connectivity index (χ1n) is 6.88. The van der Waals surface area contributed by atoms with E-state index in [1.54, 1.807) is 0 Å². The van der Waals surface area contributed by atoms with E-state index in [0.717, 1.165) is 19.3 Å². The lowest BCUT2D eigenvalue weighted by molar-refractivity contribution is -0.139. The number of aliphatic carboxylic acids is 1. The molecule has 0 bridgehead atoms. The number of hydrogen-bond donors (Lipinski definition) is 3. The Morgan fingerprint density at radius 1 is 1.45 bits per heavy atom. The summed E-state index contributed by atoms with van der Waals surface area (Å²) in [6, 6.07) is -1.17. The predicted molar refractivity (Wildman–Crippen MR) is 79.1 cm³/mol. The maximum absolute atomic E-state index is 11.9. The summed E-state index contributed by atoms with van der Waals surface area (Å²) in [4.78, 5) is 22.9. The second kappa shape index (κ2) is 9.07. The van der Waals surface area contributed by atoms with E-state index in [0.29, 0.717) is 11.9 Å². The Balaban J connectivity index is 2.38. The fourth-order valence-electron chi connectivity index (χ4n) is 2.37. The average molecular weight is 304 g/mol. The second-order valence-corrected chi connectivity index (χ2v) is 6.15. The highest BCUT2D eigenvalue weighted by Crippen LogP contribution is 2.26. The molecule has 20 heavy (non-hydrogen) atoms. The Bertz CT molecular complexity index is 327. The fraction of sp³-hybridized carbons (Fsp3) is 0.846. The number of carbonyl (C=O) groups excluding carboxylic acids is 1. The van der Waals surface area contributed by atoms with Gasteiger partial charge in [-0.15, -0.1) is 0 Å². The number of thioether (sulfide) groups is 1. The summed E-state index contributed by atoms with van der Waals surface area (Å²) >= 11 is 1.82. The topological polar surface area (TPSA) is 87.7 Å². The van der Waals surface area contributed by atoms with E-state index in [4.69, 9.17) is 9.84 Å². The van der Waals surface area contributed by atoms with Crippen LogP contribution in [0.3, 0.4) is 0 Å². The van der Waals surface area contributed by atoms with Gasteiger partial charge in [-0.1, -0.05) is 6.42 Å². The minimum absolute atomic E-state index is 0.137. The SMILES string of the molecule is COCCC(NC(=O)NC1CCCC(SC)C1)C(=O)O. The molecule has 1 fully saturated rings. The third-order valence-electron chi connectivity index (χ3n) is 3.51. The molecule has 0 aromatic rings. The summed E-state index contributed by atoms with van der Waals surface area (Å²) in [5, 5.41) is 15.0. The van der Waals surface area contributed by atoms with Crippen LogP contribution in [0.4, 0.5) is 4.79 Å². The Kier molecular flexibility index (Phi) is 7.76. The zero-order chi connectivity index (χ0) is 15.0. The fourth-order valence-corrected chi connectivity index (χ4v) is 3.20. The van der Waals surface area contributed by atoms with Crippen LogP contribution < -0.4 is 10.6 Å². The molecule has 3 N–H and O–H groups in total. The lowest BCUT2D eigenvalue weighted by Gasteiger charge is -2.29. The first-order valence-corrected chi connectivity index (χ1v) is 8.17. The predicted octanol–water partition coefficient (Wildman–Crippen LogP) is 1.45. The molecule has 0 aromatic heterocycles. The van der Waals surface area contributed by atoms with E-state index in [9.17, 15) is 9.59 Å². The number of methoxy groups -OCH3 is 1. The minimum atomic E-state index is -1.04. The highest BCUT2D eigenvalue weighted by atomic mass is 32.2. The van der Waals surface area contributed by atoms with Crippen molar-refractivity contribution in [1.29, 1.82) is 0 Å². The first-order chi connectivity index (χ1) is 9.56. The maximum atomic E-state index is 11.9. The van der Waals surface area contributed by atoms with Crippen molar-refractivity contribution in [3.05, 3.63) is 0 Å². The summed E-state index contributed by atoms with van der Waals surface area (Å²) in [5.41, 5.74) is 0. The van der Waals surface area contributed by atoms with E-state index in [2.05, 4.69) is 16.9 Å². The molecule has 6 nitrogen and oxygen atoms in total. The number of amides is 2. The number of carboxylic acids is 1. The van der Waals surface area contributed by atoms with Gasteiger partial charge in [-0.2, -0.15) is 11.8 Å². The molecule has 7 heteroatoms. The van der Waals surface area contributed by atoms with Gasteiger partial charge in [0.2, 0.25) is 0 Å². The smallest absolute Gasteiger partial charge is 0.326 e. The van der Waals surface area contributed by atoms with Crippen LogP contribution in [0, 0.1) is 0 Å². The largest absolute Gasteiger partial charge is 0.480 e. The van der Waals surface area contributed by atoms with Crippen molar-refractivity contribution in [2.24, 2.45) is 0 Å². The van der Waals surface area contributed by atoms with E-state index in [1.807, 2.05) is 11.8 Å². The summed E-state index contributed by atoms with van der Waals surface area (Å²) in [6.45, 7) is 0.301. The number of ether oxygens (including phenoxy) is 1. The standard InChI is InChI=1S/C13H24N2O4S/c1-19-7-6-11(12(16)17)15-13(18)14-9-4-3-5-10(8-9)20-2/h9-11H,3-8H2,1-2H3,(H,16,17)(H2,14,15,18). The molecular formula is C13H24N2O4S. The van der Waals surface area contributed by atoms with Crippen LogP contribution >= 0.6 is 11.8 Å². The zero-order valence-electron chi connectivity index (χ0n) is 12.1. The number of nitrogens with one attached hydrogen (secondary N) is 2. The molecule has 0 saturated heterocycles. The molecule has 0 aromatic carbocycles. The molecule has 1 aliphatic rings. The second-order valence-electron chi connectivity index (χ2n) is 5.01. The van der Waals surface area contributed by atoms with Crippen molar-refractivity contribution in [2.75, 3.05) is 20.0 Å². The summed E-state index contributed by atoms with van der Waals surface area (Å²) in [7, 11) is 1.50. The van der Waals surface area contributed by atoms with E-state index in [-0.39, 0.29) is 12.5 Å². The van der Waals surface area contributed by atoms with Crippen LogP contribution in [0.15, 0.2) is 0 Å². The molecule has 1 rings (SSSR count).